The summed E-state index contributed by atoms with van der Waals surface area (Å²) in [5.41, 5.74) is 0.505. The van der Waals surface area contributed by atoms with Crippen molar-refractivity contribution in [2.24, 2.45) is 0 Å². The minimum atomic E-state index is -0.835. The van der Waals surface area contributed by atoms with E-state index in [4.69, 9.17) is 17.0 Å². The highest BCUT2D eigenvalue weighted by Gasteiger charge is 2.26. The summed E-state index contributed by atoms with van der Waals surface area (Å²) in [6, 6.07) is 7.79. The van der Waals surface area contributed by atoms with Gasteiger partial charge >= 0.3 is 5.97 Å². The van der Waals surface area contributed by atoms with Crippen LogP contribution >= 0.6 is 12.2 Å². The van der Waals surface area contributed by atoms with Crippen LogP contribution in [0.15, 0.2) is 42.5 Å². The number of carbonyl (C=O) groups excluding carboxylic acids is 1. The molecular weight excluding hydrogens is 406 g/mol. The summed E-state index contributed by atoms with van der Waals surface area (Å²) in [7, 11) is 0. The number of ether oxygens (including phenoxy) is 1. The second kappa shape index (κ2) is 9.49. The van der Waals surface area contributed by atoms with Crippen molar-refractivity contribution >= 4 is 29.3 Å². The Hall–Kier alpha value is -3.26. The quantitative estimate of drug-likeness (QED) is 0.204. The van der Waals surface area contributed by atoms with Crippen molar-refractivity contribution in [3.63, 3.8) is 0 Å². The summed E-state index contributed by atoms with van der Waals surface area (Å²) in [4.78, 5) is 12.9. The fourth-order valence-corrected chi connectivity index (χ4v) is 2.74. The van der Waals surface area contributed by atoms with Gasteiger partial charge in [-0.15, -0.1) is 0 Å². The van der Waals surface area contributed by atoms with Gasteiger partial charge in [-0.3, -0.25) is 0 Å². The summed E-state index contributed by atoms with van der Waals surface area (Å²) in [6.07, 6.45) is 3.33. The summed E-state index contributed by atoms with van der Waals surface area (Å²) >= 11 is 5.30. The summed E-state index contributed by atoms with van der Waals surface area (Å²) in [5, 5.41) is 41.1. The third kappa shape index (κ3) is 6.97. The molecule has 0 saturated carbocycles. The monoisotopic (exact) mass is 431 g/mol. The average Bonchev–Trinajstić information content (AvgIpc) is 2.63. The maximum Gasteiger partial charge on any atom is 0.329 e. The number of aromatic hydroxyl groups is 4. The van der Waals surface area contributed by atoms with Crippen molar-refractivity contribution in [3.05, 3.63) is 53.6 Å². The second-order valence-corrected chi connectivity index (χ2v) is 8.14. The fraction of sp³-hybridized carbons (Fsp3) is 0.273. The zero-order valence-electron chi connectivity index (χ0n) is 16.9. The van der Waals surface area contributed by atoms with Crippen LogP contribution in [0.25, 0.3) is 6.08 Å². The molecule has 30 heavy (non-hydrogen) atoms. The van der Waals surface area contributed by atoms with E-state index in [1.165, 1.54) is 24.3 Å². The van der Waals surface area contributed by atoms with Crippen LogP contribution in [-0.4, -0.2) is 43.0 Å². The third-order valence-electron chi connectivity index (χ3n) is 3.91. The Bertz CT molecular complexity index is 965. The van der Waals surface area contributed by atoms with Crippen LogP contribution in [0.5, 0.6) is 23.0 Å². The van der Waals surface area contributed by atoms with Gasteiger partial charge in [0, 0.05) is 6.42 Å². The number of hydrogen-bond donors (Lipinski definition) is 5. The molecule has 0 fully saturated rings. The van der Waals surface area contributed by atoms with E-state index in [1.54, 1.807) is 45.1 Å². The smallest absolute Gasteiger partial charge is 0.329 e. The lowest BCUT2D eigenvalue weighted by Crippen LogP contribution is -2.44. The predicted octanol–water partition coefficient (Wildman–Crippen LogP) is 3.39. The van der Waals surface area contributed by atoms with E-state index in [-0.39, 0.29) is 34.4 Å². The van der Waals surface area contributed by atoms with Crippen molar-refractivity contribution < 1.29 is 30.0 Å². The SMILES string of the molecule is CC(C)(C)OC(=O)C(Cc1ccc(O)c(O)c1)NC(=S)/C=C/c1ccc(O)c(O)c1. The number of rotatable bonds is 6. The van der Waals surface area contributed by atoms with Gasteiger partial charge in [0.15, 0.2) is 23.0 Å². The first-order valence-corrected chi connectivity index (χ1v) is 9.60. The van der Waals surface area contributed by atoms with Gasteiger partial charge in [-0.05, 0) is 62.2 Å². The van der Waals surface area contributed by atoms with Gasteiger partial charge < -0.3 is 30.5 Å². The molecule has 0 saturated heterocycles. The number of nitrogens with one attached hydrogen (secondary N) is 1. The molecule has 1 unspecified atom stereocenters. The molecule has 0 spiro atoms. The van der Waals surface area contributed by atoms with E-state index in [0.717, 1.165) is 0 Å². The normalized spacial score (nSPS) is 12.5. The zero-order chi connectivity index (χ0) is 22.5. The van der Waals surface area contributed by atoms with E-state index < -0.39 is 17.6 Å². The lowest BCUT2D eigenvalue weighted by atomic mass is 10.0. The first kappa shape index (κ1) is 23.0. The fourth-order valence-electron chi connectivity index (χ4n) is 2.53. The van der Waals surface area contributed by atoms with Crippen LogP contribution in [0.3, 0.4) is 0 Å². The lowest BCUT2D eigenvalue weighted by Gasteiger charge is -2.25. The van der Waals surface area contributed by atoms with Crippen LogP contribution in [0.4, 0.5) is 0 Å². The molecule has 0 aromatic heterocycles. The molecule has 2 aromatic carbocycles. The van der Waals surface area contributed by atoms with Gasteiger partial charge in [0.25, 0.3) is 0 Å². The van der Waals surface area contributed by atoms with Crippen molar-refractivity contribution in [2.75, 3.05) is 0 Å². The van der Waals surface area contributed by atoms with Gasteiger partial charge in [-0.1, -0.05) is 30.4 Å². The van der Waals surface area contributed by atoms with E-state index in [2.05, 4.69) is 5.32 Å². The zero-order valence-corrected chi connectivity index (χ0v) is 17.7. The number of esters is 1. The van der Waals surface area contributed by atoms with Crippen molar-refractivity contribution in [1.29, 1.82) is 0 Å². The first-order chi connectivity index (χ1) is 13.9. The number of phenols is 4. The molecule has 5 N–H and O–H groups in total. The highest BCUT2D eigenvalue weighted by Crippen LogP contribution is 2.26. The lowest BCUT2D eigenvalue weighted by molar-refractivity contribution is -0.157. The topological polar surface area (TPSA) is 119 Å². The van der Waals surface area contributed by atoms with Crippen LogP contribution in [0.1, 0.15) is 31.9 Å². The molecule has 2 aromatic rings. The Balaban J connectivity index is 2.17. The number of hydrogen-bond acceptors (Lipinski definition) is 7. The van der Waals surface area contributed by atoms with Gasteiger partial charge in [-0.2, -0.15) is 0 Å². The maximum atomic E-state index is 12.7. The van der Waals surface area contributed by atoms with Crippen LogP contribution < -0.4 is 5.32 Å². The maximum absolute atomic E-state index is 12.7. The highest BCUT2D eigenvalue weighted by molar-refractivity contribution is 7.80. The van der Waals surface area contributed by atoms with E-state index in [0.29, 0.717) is 11.1 Å². The Labute approximate surface area is 180 Å². The van der Waals surface area contributed by atoms with E-state index >= 15 is 0 Å². The molecule has 8 heteroatoms. The molecule has 2 rings (SSSR count). The second-order valence-electron chi connectivity index (χ2n) is 7.70. The Morgan fingerprint density at radius 3 is 2.20 bits per heavy atom. The molecule has 0 aliphatic heterocycles. The first-order valence-electron chi connectivity index (χ1n) is 9.19. The predicted molar refractivity (Wildman–Crippen MR) is 118 cm³/mol. The Kier molecular flexibility index (Phi) is 7.28. The van der Waals surface area contributed by atoms with Gasteiger partial charge in [0.2, 0.25) is 0 Å². The van der Waals surface area contributed by atoms with Crippen LogP contribution in [-0.2, 0) is 16.0 Å². The van der Waals surface area contributed by atoms with Crippen molar-refractivity contribution in [1.82, 2.24) is 5.32 Å². The molecule has 1 atom stereocenters. The number of carbonyl (C=O) groups is 1. The standard InChI is InChI=1S/C22H25NO6S/c1-22(2,3)29-21(28)15(10-14-5-8-17(25)19(27)12-14)23-20(30)9-6-13-4-7-16(24)18(26)11-13/h4-9,11-12,15,24-27H,10H2,1-3H3,(H,23,30)/b9-6+. The van der Waals surface area contributed by atoms with Gasteiger partial charge in [0.1, 0.15) is 11.6 Å². The molecule has 0 aliphatic carbocycles. The van der Waals surface area contributed by atoms with Crippen LogP contribution in [0, 0.1) is 0 Å². The number of thiocarbonyl (C=S) groups is 1. The van der Waals surface area contributed by atoms with Crippen LogP contribution in [0.2, 0.25) is 0 Å². The molecule has 7 nitrogen and oxygen atoms in total. The number of benzene rings is 2. The van der Waals surface area contributed by atoms with E-state index in [9.17, 15) is 25.2 Å². The Morgan fingerprint density at radius 1 is 1.03 bits per heavy atom. The minimum Gasteiger partial charge on any atom is -0.504 e. The molecule has 0 amide bonds. The largest absolute Gasteiger partial charge is 0.504 e. The average molecular weight is 432 g/mol. The summed E-state index contributed by atoms with van der Waals surface area (Å²) in [6.45, 7) is 5.26. The third-order valence-corrected chi connectivity index (χ3v) is 4.17. The summed E-state index contributed by atoms with van der Waals surface area (Å²) in [5.74, 6) is -1.54. The highest BCUT2D eigenvalue weighted by atomic mass is 32.1. The summed E-state index contributed by atoms with van der Waals surface area (Å²) < 4.78 is 5.46. The van der Waals surface area contributed by atoms with Gasteiger partial charge in [0.05, 0.1) is 4.99 Å². The van der Waals surface area contributed by atoms with Crippen molar-refractivity contribution in [3.8, 4) is 23.0 Å². The Morgan fingerprint density at radius 2 is 1.63 bits per heavy atom. The molecule has 0 heterocycles. The van der Waals surface area contributed by atoms with Gasteiger partial charge in [-0.25, -0.2) is 4.79 Å². The molecule has 0 aliphatic rings. The molecule has 0 radical (unpaired) electrons. The molecule has 160 valence electrons. The van der Waals surface area contributed by atoms with Crippen molar-refractivity contribution in [2.45, 2.75) is 38.8 Å². The molecule has 0 bridgehead atoms. The minimum absolute atomic E-state index is 0.163. The number of phenolic OH excluding ortho intramolecular Hbond substituents is 4. The molecular formula is C22H25NO6S. The van der Waals surface area contributed by atoms with E-state index in [1.807, 2.05) is 0 Å².